The highest BCUT2D eigenvalue weighted by molar-refractivity contribution is 7.80. The van der Waals surface area contributed by atoms with E-state index in [2.05, 4.69) is 48.5 Å². The summed E-state index contributed by atoms with van der Waals surface area (Å²) in [7, 11) is 1.90. The van der Waals surface area contributed by atoms with Crippen molar-refractivity contribution in [3.8, 4) is 11.3 Å². The van der Waals surface area contributed by atoms with Crippen LogP contribution < -0.4 is 10.3 Å². The van der Waals surface area contributed by atoms with E-state index in [4.69, 9.17) is 4.42 Å². The number of hydrogen-bond acceptors (Lipinski definition) is 4. The average Bonchev–Trinajstić information content (AvgIpc) is 2.75. The molecule has 1 aromatic rings. The zero-order chi connectivity index (χ0) is 20.1. The van der Waals surface area contributed by atoms with Crippen molar-refractivity contribution >= 4 is 29.3 Å². The number of thiol groups is 1. The van der Waals surface area contributed by atoms with E-state index in [0.717, 1.165) is 41.7 Å². The topological polar surface area (TPSA) is 28.7 Å². The molecule has 0 fully saturated rings. The Morgan fingerprint density at radius 3 is 2.69 bits per heavy atom. The first-order chi connectivity index (χ1) is 14.2. The van der Waals surface area contributed by atoms with Crippen molar-refractivity contribution in [3.63, 3.8) is 0 Å². The molecule has 0 N–H and O–H groups in total. The van der Waals surface area contributed by atoms with E-state index in [1.807, 2.05) is 7.05 Å². The van der Waals surface area contributed by atoms with Crippen LogP contribution >= 0.6 is 12.6 Å². The third-order valence-corrected chi connectivity index (χ3v) is 7.10. The van der Waals surface area contributed by atoms with Gasteiger partial charge in [0.2, 0.25) is 0 Å². The second-order valence-electron chi connectivity index (χ2n) is 8.45. The summed E-state index contributed by atoms with van der Waals surface area (Å²) in [5.41, 5.74) is 10.6. The van der Waals surface area contributed by atoms with Crippen molar-refractivity contribution in [2.75, 3.05) is 30.8 Å². The Kier molecular flexibility index (Phi) is 4.85. The maximum absolute atomic E-state index is 6.80. The summed E-state index contributed by atoms with van der Waals surface area (Å²) in [5, 5.41) is 2.40. The molecule has 3 aliphatic heterocycles. The molecule has 0 unspecified atom stereocenters. The van der Waals surface area contributed by atoms with Crippen molar-refractivity contribution in [1.82, 2.24) is 0 Å². The van der Waals surface area contributed by atoms with Crippen molar-refractivity contribution < 1.29 is 4.42 Å². The van der Waals surface area contributed by atoms with Crippen LogP contribution in [-0.4, -0.2) is 25.9 Å². The van der Waals surface area contributed by atoms with Gasteiger partial charge >= 0.3 is 0 Å². The maximum atomic E-state index is 6.80. The van der Waals surface area contributed by atoms with E-state index in [1.54, 1.807) is 0 Å². The minimum atomic E-state index is 0.794. The second-order valence-corrected chi connectivity index (χ2v) is 8.90. The molecule has 3 nitrogen and oxygen atoms in total. The number of rotatable bonds is 3. The van der Waals surface area contributed by atoms with Crippen molar-refractivity contribution in [3.05, 3.63) is 45.3 Å². The monoisotopic (exact) mass is 406 g/mol. The molecule has 0 spiro atoms. The van der Waals surface area contributed by atoms with Crippen LogP contribution in [0, 0.1) is 6.92 Å². The number of benzene rings is 2. The summed E-state index contributed by atoms with van der Waals surface area (Å²) in [6, 6.07) is 4.74. The lowest BCUT2D eigenvalue weighted by molar-refractivity contribution is 0.588. The van der Waals surface area contributed by atoms with Gasteiger partial charge in [0.1, 0.15) is 11.3 Å². The lowest BCUT2D eigenvalue weighted by Gasteiger charge is -2.37. The standard InChI is InChI=1S/C25H30N2OS/c1-4-16-13-20-15(2)21-14-17-7-5-10-27-11-6-8-19(23(17)27)25(21)28-24(20)18(9-12-29)22(16)26-3/h13-14,29H,4-12H2,1-3H3. The number of aryl methyl sites for hydroxylation is 4. The Balaban J connectivity index is 1.93. The summed E-state index contributed by atoms with van der Waals surface area (Å²) >= 11 is 4.54. The first-order valence-electron chi connectivity index (χ1n) is 11.0. The lowest BCUT2D eigenvalue weighted by Crippen LogP contribution is -2.34. The summed E-state index contributed by atoms with van der Waals surface area (Å²) in [5.74, 6) is 1.81. The highest BCUT2D eigenvalue weighted by atomic mass is 32.1. The van der Waals surface area contributed by atoms with Crippen LogP contribution in [0.4, 0.5) is 5.69 Å². The minimum absolute atomic E-state index is 0.794. The summed E-state index contributed by atoms with van der Waals surface area (Å²) in [6.45, 7) is 6.85. The Hall–Kier alpha value is -1.94. The molecule has 5 rings (SSSR count). The van der Waals surface area contributed by atoms with Crippen LogP contribution in [0.15, 0.2) is 21.5 Å². The van der Waals surface area contributed by atoms with Crippen LogP contribution in [0.1, 0.15) is 47.6 Å². The Morgan fingerprint density at radius 1 is 1.17 bits per heavy atom. The lowest BCUT2D eigenvalue weighted by atomic mass is 9.87. The van der Waals surface area contributed by atoms with Crippen molar-refractivity contribution in [2.45, 2.75) is 52.4 Å². The molecule has 29 heavy (non-hydrogen) atoms. The van der Waals surface area contributed by atoms with Gasteiger partial charge < -0.3 is 9.32 Å². The van der Waals surface area contributed by atoms with Crippen molar-refractivity contribution in [2.24, 2.45) is 4.99 Å². The predicted octanol–water partition coefficient (Wildman–Crippen LogP) is 5.11. The van der Waals surface area contributed by atoms with Crippen molar-refractivity contribution in [1.29, 1.82) is 0 Å². The largest absolute Gasteiger partial charge is 0.455 e. The Labute approximate surface area is 178 Å². The first-order valence-corrected chi connectivity index (χ1v) is 11.7. The highest BCUT2D eigenvalue weighted by Gasteiger charge is 2.29. The van der Waals surface area contributed by atoms with Gasteiger partial charge in [-0.15, -0.1) is 0 Å². The summed E-state index contributed by atoms with van der Waals surface area (Å²) in [6.07, 6.45) is 6.63. The van der Waals surface area contributed by atoms with E-state index in [9.17, 15) is 0 Å². The molecule has 0 amide bonds. The third kappa shape index (κ3) is 2.83. The molecular weight excluding hydrogens is 376 g/mol. The SMILES string of the molecule is CCc1cc2c(C)c3cc4c5c(c3oc-2c(CCS)c1=NC)CCCN5CCC4. The third-order valence-electron chi connectivity index (χ3n) is 6.88. The van der Waals surface area contributed by atoms with Gasteiger partial charge in [0, 0.05) is 47.9 Å². The summed E-state index contributed by atoms with van der Waals surface area (Å²) < 4.78 is 6.80. The molecule has 0 aromatic heterocycles. The molecular formula is C25H30N2OS. The van der Waals surface area contributed by atoms with Gasteiger partial charge in [0.05, 0.1) is 5.36 Å². The molecule has 4 heteroatoms. The maximum Gasteiger partial charge on any atom is 0.140 e. The van der Waals surface area contributed by atoms with Crippen LogP contribution in [0.25, 0.3) is 22.3 Å². The smallest absolute Gasteiger partial charge is 0.140 e. The van der Waals surface area contributed by atoms with Gasteiger partial charge in [0.15, 0.2) is 0 Å². The van der Waals surface area contributed by atoms with Gasteiger partial charge in [-0.2, -0.15) is 12.6 Å². The average molecular weight is 407 g/mol. The Morgan fingerprint density at radius 2 is 1.97 bits per heavy atom. The fourth-order valence-electron chi connectivity index (χ4n) is 5.53. The normalized spacial score (nSPS) is 16.7. The molecule has 152 valence electrons. The Bertz CT molecular complexity index is 1140. The zero-order valence-electron chi connectivity index (χ0n) is 17.8. The molecule has 4 aliphatic rings. The zero-order valence-corrected chi connectivity index (χ0v) is 18.7. The molecule has 0 atom stereocenters. The van der Waals surface area contributed by atoms with E-state index < -0.39 is 0 Å². The summed E-state index contributed by atoms with van der Waals surface area (Å²) in [4.78, 5) is 7.24. The minimum Gasteiger partial charge on any atom is -0.455 e. The molecule has 0 bridgehead atoms. The van der Waals surface area contributed by atoms with Crippen LogP contribution in [0.5, 0.6) is 0 Å². The van der Waals surface area contributed by atoms with Gasteiger partial charge in [0.25, 0.3) is 0 Å². The first kappa shape index (κ1) is 19.0. The van der Waals surface area contributed by atoms with Gasteiger partial charge in [-0.05, 0) is 80.0 Å². The number of anilines is 1. The predicted molar refractivity (Wildman–Crippen MR) is 125 cm³/mol. The molecule has 3 heterocycles. The van der Waals surface area contributed by atoms with Crippen LogP contribution in [0.2, 0.25) is 0 Å². The fraction of sp³-hybridized carbons (Fsp3) is 0.480. The molecule has 0 radical (unpaired) electrons. The van der Waals surface area contributed by atoms with Crippen LogP contribution in [0.3, 0.4) is 0 Å². The molecule has 1 aliphatic carbocycles. The second kappa shape index (κ2) is 7.39. The van der Waals surface area contributed by atoms with Gasteiger partial charge in [-0.25, -0.2) is 0 Å². The molecule has 1 aromatic carbocycles. The van der Waals surface area contributed by atoms with E-state index in [-0.39, 0.29) is 0 Å². The van der Waals surface area contributed by atoms with Gasteiger partial charge in [-0.1, -0.05) is 6.92 Å². The molecule has 0 saturated carbocycles. The number of hydrogen-bond donors (Lipinski definition) is 1. The quantitative estimate of drug-likeness (QED) is 0.484. The van der Waals surface area contributed by atoms with E-state index in [0.29, 0.717) is 0 Å². The number of fused-ring (bicyclic) bond motifs is 3. The molecule has 0 saturated heterocycles. The van der Waals surface area contributed by atoms with Crippen LogP contribution in [-0.2, 0) is 25.7 Å². The van der Waals surface area contributed by atoms with Gasteiger partial charge in [-0.3, -0.25) is 4.99 Å². The number of nitrogens with zero attached hydrogens (tertiary/aromatic N) is 2. The van der Waals surface area contributed by atoms with E-state index in [1.165, 1.54) is 76.8 Å². The van der Waals surface area contributed by atoms with E-state index >= 15 is 0 Å². The fourth-order valence-corrected chi connectivity index (χ4v) is 5.76. The highest BCUT2D eigenvalue weighted by Crippen LogP contribution is 2.44.